The summed E-state index contributed by atoms with van der Waals surface area (Å²) in [6.07, 6.45) is 0.476. The number of carbonyl (C=O) groups is 3. The molecule has 0 aliphatic rings. The van der Waals surface area contributed by atoms with Gasteiger partial charge in [0.2, 0.25) is 0 Å². The molecular weight excluding hydrogens is 232 g/mol. The van der Waals surface area contributed by atoms with Crippen molar-refractivity contribution in [2.45, 2.75) is 12.8 Å². The van der Waals surface area contributed by atoms with Gasteiger partial charge in [0.1, 0.15) is 0 Å². The van der Waals surface area contributed by atoms with E-state index in [1.165, 1.54) is 0 Å². The fourth-order valence-electron chi connectivity index (χ4n) is 1.09. The van der Waals surface area contributed by atoms with Crippen LogP contribution in [0.3, 0.4) is 0 Å². The van der Waals surface area contributed by atoms with Crippen molar-refractivity contribution < 1.29 is 19.1 Å². The van der Waals surface area contributed by atoms with Gasteiger partial charge in [0.05, 0.1) is 6.42 Å². The first-order chi connectivity index (χ1) is 7.59. The lowest BCUT2D eigenvalue weighted by Crippen LogP contribution is -2.17. The minimum Gasteiger partial charge on any atom is -0.386 e. The summed E-state index contributed by atoms with van der Waals surface area (Å²) in [6.45, 7) is 0. The zero-order valence-corrected chi connectivity index (χ0v) is 9.07. The van der Waals surface area contributed by atoms with Gasteiger partial charge in [-0.15, -0.1) is 0 Å². The van der Waals surface area contributed by atoms with E-state index in [-0.39, 0.29) is 6.42 Å². The van der Waals surface area contributed by atoms with Crippen LogP contribution >= 0.6 is 11.6 Å². The average Bonchev–Trinajstić information content (AvgIpc) is 2.27. The second-order valence-electron chi connectivity index (χ2n) is 3.02. The largest absolute Gasteiger partial charge is 0.399 e. The molecule has 84 valence electrons. The molecule has 0 saturated heterocycles. The molecule has 16 heavy (non-hydrogen) atoms. The number of hydrogen-bond acceptors (Lipinski definition) is 4. The third-order valence-corrected chi connectivity index (χ3v) is 1.98. The molecule has 0 unspecified atom stereocenters. The molecule has 0 aromatic heterocycles. The van der Waals surface area contributed by atoms with Gasteiger partial charge in [-0.3, -0.25) is 9.59 Å². The summed E-state index contributed by atoms with van der Waals surface area (Å²) in [4.78, 5) is 32.0. The van der Waals surface area contributed by atoms with E-state index in [1.807, 2.05) is 30.3 Å². The Kier molecular flexibility index (Phi) is 4.66. The number of esters is 2. The Labute approximate surface area is 97.2 Å². The van der Waals surface area contributed by atoms with Crippen LogP contribution in [-0.2, 0) is 25.5 Å². The van der Waals surface area contributed by atoms with Crippen LogP contribution in [0.4, 0.5) is 0 Å². The summed E-state index contributed by atoms with van der Waals surface area (Å²) < 4.78 is 4.17. The lowest BCUT2D eigenvalue weighted by molar-refractivity contribution is -0.162. The van der Waals surface area contributed by atoms with E-state index < -0.39 is 17.2 Å². The summed E-state index contributed by atoms with van der Waals surface area (Å²) in [7, 11) is 0. The van der Waals surface area contributed by atoms with Crippen LogP contribution in [0.1, 0.15) is 12.0 Å². The Balaban J connectivity index is 2.36. The van der Waals surface area contributed by atoms with E-state index in [0.717, 1.165) is 5.56 Å². The van der Waals surface area contributed by atoms with Gasteiger partial charge in [0, 0.05) is 0 Å². The van der Waals surface area contributed by atoms with Crippen LogP contribution in [0.5, 0.6) is 0 Å². The summed E-state index contributed by atoms with van der Waals surface area (Å²) in [6, 6.07) is 9.24. The van der Waals surface area contributed by atoms with E-state index in [9.17, 15) is 14.4 Å². The number of benzene rings is 1. The number of ether oxygens (including phenoxy) is 1. The molecule has 1 rings (SSSR count). The van der Waals surface area contributed by atoms with Crippen molar-refractivity contribution in [2.24, 2.45) is 0 Å². The minimum atomic E-state index is -1.33. The molecule has 0 fully saturated rings. The molecule has 1 aromatic rings. The van der Waals surface area contributed by atoms with E-state index in [4.69, 9.17) is 11.6 Å². The topological polar surface area (TPSA) is 60.4 Å². The molecule has 0 saturated carbocycles. The summed E-state index contributed by atoms with van der Waals surface area (Å²) in [5.74, 6) is -2.09. The molecule has 0 amide bonds. The minimum absolute atomic E-state index is 0.0277. The first-order valence-electron chi connectivity index (χ1n) is 4.58. The van der Waals surface area contributed by atoms with Crippen LogP contribution in [-0.4, -0.2) is 17.2 Å². The van der Waals surface area contributed by atoms with Crippen molar-refractivity contribution in [2.75, 3.05) is 0 Å². The molecule has 0 N–H and O–H groups in total. The molecule has 0 aliphatic heterocycles. The highest BCUT2D eigenvalue weighted by Gasteiger charge is 2.16. The maximum absolute atomic E-state index is 11.1. The quantitative estimate of drug-likeness (QED) is 0.346. The van der Waals surface area contributed by atoms with Crippen molar-refractivity contribution in [3.8, 4) is 0 Å². The maximum Gasteiger partial charge on any atom is 0.399 e. The molecular formula is C11H9ClO4. The summed E-state index contributed by atoms with van der Waals surface area (Å²) >= 11 is 4.82. The third kappa shape index (κ3) is 4.23. The molecule has 0 atom stereocenters. The van der Waals surface area contributed by atoms with E-state index in [2.05, 4.69) is 4.74 Å². The van der Waals surface area contributed by atoms with Gasteiger partial charge in [-0.05, 0) is 23.6 Å². The van der Waals surface area contributed by atoms with Crippen LogP contribution in [0.2, 0.25) is 0 Å². The van der Waals surface area contributed by atoms with Gasteiger partial charge in [-0.25, -0.2) is 4.79 Å². The molecule has 0 spiro atoms. The van der Waals surface area contributed by atoms with Gasteiger partial charge >= 0.3 is 17.2 Å². The number of aryl methyl sites for hydroxylation is 1. The summed E-state index contributed by atoms with van der Waals surface area (Å²) in [5, 5.41) is -1.30. The number of carbonyl (C=O) groups excluding carboxylic acids is 3. The van der Waals surface area contributed by atoms with Crippen LogP contribution in [0.25, 0.3) is 0 Å². The highest BCUT2D eigenvalue weighted by molar-refractivity contribution is 6.80. The number of hydrogen-bond donors (Lipinski definition) is 0. The number of halogens is 1. The zero-order valence-electron chi connectivity index (χ0n) is 8.31. The zero-order chi connectivity index (χ0) is 12.0. The molecule has 4 nitrogen and oxygen atoms in total. The lowest BCUT2D eigenvalue weighted by Gasteiger charge is -2.00. The highest BCUT2D eigenvalue weighted by atomic mass is 35.5. The van der Waals surface area contributed by atoms with Crippen molar-refractivity contribution in [3.63, 3.8) is 0 Å². The second kappa shape index (κ2) is 6.02. The molecule has 0 bridgehead atoms. The first-order valence-corrected chi connectivity index (χ1v) is 4.96. The Bertz CT molecular complexity index is 400. The van der Waals surface area contributed by atoms with Gasteiger partial charge < -0.3 is 4.74 Å². The SMILES string of the molecule is O=C(CCc1ccccc1)OC(=O)C(=O)Cl. The Morgan fingerprint density at radius 1 is 1.12 bits per heavy atom. The first kappa shape index (κ1) is 12.4. The van der Waals surface area contributed by atoms with E-state index in [1.54, 1.807) is 0 Å². The highest BCUT2D eigenvalue weighted by Crippen LogP contribution is 2.03. The van der Waals surface area contributed by atoms with Crippen molar-refractivity contribution >= 4 is 28.8 Å². The molecule has 1 aromatic carbocycles. The predicted octanol–water partition coefficient (Wildman–Crippen LogP) is 1.45. The van der Waals surface area contributed by atoms with Crippen molar-refractivity contribution in [1.29, 1.82) is 0 Å². The Hall–Kier alpha value is -1.68. The number of rotatable bonds is 4. The van der Waals surface area contributed by atoms with Crippen molar-refractivity contribution in [1.82, 2.24) is 0 Å². The molecule has 5 heteroatoms. The van der Waals surface area contributed by atoms with Gasteiger partial charge in [-0.1, -0.05) is 30.3 Å². The monoisotopic (exact) mass is 240 g/mol. The van der Waals surface area contributed by atoms with Crippen LogP contribution < -0.4 is 0 Å². The van der Waals surface area contributed by atoms with Gasteiger partial charge in [0.25, 0.3) is 0 Å². The normalized spacial score (nSPS) is 9.56. The Morgan fingerprint density at radius 3 is 2.31 bits per heavy atom. The standard InChI is InChI=1S/C11H9ClO4/c12-10(14)11(15)16-9(13)7-6-8-4-2-1-3-5-8/h1-5H,6-7H2. The Morgan fingerprint density at radius 2 is 1.75 bits per heavy atom. The van der Waals surface area contributed by atoms with Gasteiger partial charge in [0.15, 0.2) is 0 Å². The van der Waals surface area contributed by atoms with E-state index in [0.29, 0.717) is 6.42 Å². The molecule has 0 heterocycles. The second-order valence-corrected chi connectivity index (χ2v) is 3.36. The maximum atomic E-state index is 11.1. The van der Waals surface area contributed by atoms with Crippen molar-refractivity contribution in [3.05, 3.63) is 35.9 Å². The third-order valence-electron chi connectivity index (χ3n) is 1.83. The van der Waals surface area contributed by atoms with Crippen LogP contribution in [0.15, 0.2) is 30.3 Å². The summed E-state index contributed by atoms with van der Waals surface area (Å²) in [5.41, 5.74) is 0.948. The molecule has 0 radical (unpaired) electrons. The molecule has 0 aliphatic carbocycles. The fourth-order valence-corrected chi connectivity index (χ4v) is 1.12. The average molecular weight is 241 g/mol. The predicted molar refractivity (Wildman–Crippen MR) is 56.7 cm³/mol. The van der Waals surface area contributed by atoms with E-state index >= 15 is 0 Å². The smallest absolute Gasteiger partial charge is 0.386 e. The van der Waals surface area contributed by atoms with Crippen LogP contribution in [0, 0.1) is 0 Å². The van der Waals surface area contributed by atoms with Gasteiger partial charge in [-0.2, -0.15) is 0 Å². The fraction of sp³-hybridized carbons (Fsp3) is 0.182. The lowest BCUT2D eigenvalue weighted by atomic mass is 10.1.